The Balaban J connectivity index is -0.0000000286. The summed E-state index contributed by atoms with van der Waals surface area (Å²) in [4.78, 5) is 8.00. The van der Waals surface area contributed by atoms with Crippen molar-refractivity contribution in [3.05, 3.63) is 0 Å². The molecule has 0 amide bonds. The minimum absolute atomic E-state index is 0. The molecule has 7 heteroatoms. The van der Waals surface area contributed by atoms with Crippen molar-refractivity contribution in [1.82, 2.24) is 0 Å². The maximum absolute atomic E-state index is 8.74. The molecule has 0 heterocycles. The molecule has 0 aliphatic rings. The zero-order valence-electron chi connectivity index (χ0n) is 5.23. The third-order valence-corrected chi connectivity index (χ3v) is 0. The van der Waals surface area contributed by atoms with Gasteiger partial charge in [0.1, 0.15) is 6.79 Å². The Labute approximate surface area is 70.4 Å². The van der Waals surface area contributed by atoms with E-state index in [4.69, 9.17) is 22.3 Å². The second-order valence-electron chi connectivity index (χ2n) is 0.448. The summed E-state index contributed by atoms with van der Waals surface area (Å²) in [5.74, 6) is 0. The molecule has 0 radical (unpaired) electrons. The molecule has 46 valence electrons. The van der Waals surface area contributed by atoms with Crippen LogP contribution in [0.4, 0.5) is 0 Å². The Morgan fingerprint density at radius 3 is 1.25 bits per heavy atom. The van der Waals surface area contributed by atoms with Gasteiger partial charge < -0.3 is 6.22 Å². The van der Waals surface area contributed by atoms with Crippen LogP contribution >= 0.6 is 0 Å². The molecule has 0 saturated carbocycles. The first-order valence-corrected chi connectivity index (χ1v) is 2.38. The summed E-state index contributed by atoms with van der Waals surface area (Å²) in [7, 11) is -4.67. The molecule has 0 rings (SSSR count). The van der Waals surface area contributed by atoms with Gasteiger partial charge in [0.15, 0.2) is 0 Å². The molecular formula is CH5NaO5S. The van der Waals surface area contributed by atoms with Crippen LogP contribution in [0.15, 0.2) is 0 Å². The molecule has 0 aromatic carbocycles. The third kappa shape index (κ3) is 688. The first-order chi connectivity index (χ1) is 3.00. The van der Waals surface area contributed by atoms with Crippen LogP contribution in [0.1, 0.15) is 1.43 Å². The number of rotatable bonds is 0. The van der Waals surface area contributed by atoms with E-state index in [2.05, 4.69) is 0 Å². The fourth-order valence-corrected chi connectivity index (χ4v) is 0. The van der Waals surface area contributed by atoms with Gasteiger partial charge in [-0.05, 0) is 0 Å². The van der Waals surface area contributed by atoms with Gasteiger partial charge in [0.25, 0.3) is 0 Å². The first kappa shape index (κ1) is 15.8. The topological polar surface area (TPSA) is 91.7 Å². The Hall–Kier alpha value is 0.540. The molecule has 5 nitrogen and oxygen atoms in total. The molecule has 0 spiro atoms. The summed E-state index contributed by atoms with van der Waals surface area (Å²) in [5, 5.41) is 0. The van der Waals surface area contributed by atoms with E-state index in [0.29, 0.717) is 0 Å². The van der Waals surface area contributed by atoms with Crippen LogP contribution in [0.3, 0.4) is 0 Å². The van der Waals surface area contributed by atoms with Crippen molar-refractivity contribution in [3.63, 3.8) is 0 Å². The van der Waals surface area contributed by atoms with E-state index in [1.807, 2.05) is 6.79 Å². The van der Waals surface area contributed by atoms with Gasteiger partial charge in [-0.25, -0.2) is 0 Å². The maximum Gasteiger partial charge on any atom is 1.00 e. The van der Waals surface area contributed by atoms with Gasteiger partial charge in [0, 0.05) is 0 Å². The number of carbonyl (C=O) groups excluding carboxylic acids is 1. The van der Waals surface area contributed by atoms with E-state index in [1.54, 1.807) is 0 Å². The summed E-state index contributed by atoms with van der Waals surface area (Å²) in [6.07, 6.45) is 0. The van der Waals surface area contributed by atoms with E-state index in [-0.39, 0.29) is 31.0 Å². The van der Waals surface area contributed by atoms with E-state index < -0.39 is 10.4 Å². The van der Waals surface area contributed by atoms with Gasteiger partial charge in [-0.3, -0.25) is 9.11 Å². The quantitative estimate of drug-likeness (QED) is 0.275. The van der Waals surface area contributed by atoms with Crippen molar-refractivity contribution in [2.24, 2.45) is 0 Å². The van der Waals surface area contributed by atoms with Gasteiger partial charge in [0.2, 0.25) is 0 Å². The van der Waals surface area contributed by atoms with Gasteiger partial charge >= 0.3 is 40.0 Å². The van der Waals surface area contributed by atoms with Crippen LogP contribution in [0.5, 0.6) is 0 Å². The fraction of sp³-hybridized carbons (Fsp3) is 0. The number of carbonyl (C=O) groups is 1. The number of hydrogen-bond acceptors (Lipinski definition) is 3. The van der Waals surface area contributed by atoms with Crippen LogP contribution in [0, 0.1) is 0 Å². The maximum atomic E-state index is 8.74. The molecule has 0 fully saturated rings. The predicted molar refractivity (Wildman–Crippen MR) is 22.4 cm³/mol. The fourth-order valence-electron chi connectivity index (χ4n) is 0. The summed E-state index contributed by atoms with van der Waals surface area (Å²) in [5.41, 5.74) is 0. The van der Waals surface area contributed by atoms with Crippen molar-refractivity contribution >= 4 is 17.2 Å². The molecule has 0 saturated heterocycles. The Morgan fingerprint density at radius 2 is 1.25 bits per heavy atom. The summed E-state index contributed by atoms with van der Waals surface area (Å²) >= 11 is 0. The second kappa shape index (κ2) is 7.54. The minimum Gasteiger partial charge on any atom is -1.00 e. The molecule has 8 heavy (non-hydrogen) atoms. The van der Waals surface area contributed by atoms with E-state index in [0.717, 1.165) is 0 Å². The zero-order valence-corrected chi connectivity index (χ0v) is 7.05. The number of hydrogen-bond donors (Lipinski definition) is 2. The van der Waals surface area contributed by atoms with Crippen LogP contribution < -0.4 is 29.6 Å². The molecule has 0 aliphatic carbocycles. The minimum atomic E-state index is -4.67. The van der Waals surface area contributed by atoms with Crippen LogP contribution in [0.25, 0.3) is 0 Å². The Bertz CT molecular complexity index is 111. The van der Waals surface area contributed by atoms with Gasteiger partial charge in [-0.2, -0.15) is 8.42 Å². The van der Waals surface area contributed by atoms with E-state index in [1.165, 1.54) is 0 Å². The molecular weight excluding hydrogens is 147 g/mol. The normalized spacial score (nSPS) is 7.75. The standard InChI is InChI=1S/CH2O.Na.H2O4S.H/c1-2;;1-5(2,3)4;/h1H2;;(H2,1,2,3,4);/q;+1;;-1. The van der Waals surface area contributed by atoms with Crippen molar-refractivity contribution in [2.45, 2.75) is 0 Å². The van der Waals surface area contributed by atoms with Gasteiger partial charge in [0.05, 0.1) is 0 Å². The van der Waals surface area contributed by atoms with Crippen LogP contribution in [0.2, 0.25) is 0 Å². The summed E-state index contributed by atoms with van der Waals surface area (Å²) in [6, 6.07) is 0. The average Bonchev–Trinajstić information content (AvgIpc) is 1.36. The Kier molecular flexibility index (Phi) is 14.9. The van der Waals surface area contributed by atoms with Gasteiger partial charge in [-0.1, -0.05) is 0 Å². The second-order valence-corrected chi connectivity index (χ2v) is 1.34. The molecule has 0 atom stereocenters. The van der Waals surface area contributed by atoms with Crippen molar-refractivity contribution in [1.29, 1.82) is 0 Å². The van der Waals surface area contributed by atoms with Gasteiger partial charge in [-0.15, -0.1) is 0 Å². The molecule has 0 aromatic rings. The predicted octanol–water partition coefficient (Wildman–Crippen LogP) is -3.72. The molecule has 2 N–H and O–H groups in total. The van der Waals surface area contributed by atoms with Crippen LogP contribution in [-0.2, 0) is 15.2 Å². The monoisotopic (exact) mass is 152 g/mol. The average molecular weight is 152 g/mol. The molecule has 0 unspecified atom stereocenters. The zero-order chi connectivity index (χ0) is 6.50. The largest absolute Gasteiger partial charge is 1.00 e. The van der Waals surface area contributed by atoms with E-state index in [9.17, 15) is 0 Å². The van der Waals surface area contributed by atoms with E-state index >= 15 is 0 Å². The SMILES string of the molecule is C=O.O=S(=O)(O)O.[H-].[Na+]. The third-order valence-electron chi connectivity index (χ3n) is 0. The molecule has 0 bridgehead atoms. The molecule has 0 aliphatic heterocycles. The van der Waals surface area contributed by atoms with Crippen molar-refractivity contribution in [3.8, 4) is 0 Å². The summed E-state index contributed by atoms with van der Waals surface area (Å²) < 4.78 is 31.6. The van der Waals surface area contributed by atoms with Crippen LogP contribution in [-0.4, -0.2) is 24.3 Å². The first-order valence-electron chi connectivity index (χ1n) is 0.987. The molecule has 0 aromatic heterocycles. The van der Waals surface area contributed by atoms with Crippen molar-refractivity contribution in [2.75, 3.05) is 0 Å². The van der Waals surface area contributed by atoms with Crippen molar-refractivity contribution < 1.29 is 53.3 Å². The Morgan fingerprint density at radius 1 is 1.25 bits per heavy atom. The summed E-state index contributed by atoms with van der Waals surface area (Å²) in [6.45, 7) is 2.00. The smallest absolute Gasteiger partial charge is 1.00 e.